The zero-order valence-electron chi connectivity index (χ0n) is 12.7. The smallest absolute Gasteiger partial charge is 0.244 e. The first-order valence-electron chi connectivity index (χ1n) is 7.66. The second kappa shape index (κ2) is 5.65. The Morgan fingerprint density at radius 3 is 2.71 bits per heavy atom. The minimum atomic E-state index is -3.41. The Morgan fingerprint density at radius 1 is 1.38 bits per heavy atom. The van der Waals surface area contributed by atoms with Gasteiger partial charge in [0.05, 0.1) is 0 Å². The number of aryl methyl sites for hydroxylation is 1. The fourth-order valence-electron chi connectivity index (χ4n) is 4.16. The van der Waals surface area contributed by atoms with Crippen molar-refractivity contribution in [3.05, 3.63) is 15.8 Å². The molecule has 0 aromatic carbocycles. The Bertz CT molecular complexity index is 624. The van der Waals surface area contributed by atoms with E-state index in [0.29, 0.717) is 17.4 Å². The molecule has 0 aliphatic heterocycles. The number of rotatable bonds is 5. The topological polar surface area (TPSA) is 63.4 Å². The van der Waals surface area contributed by atoms with Crippen LogP contribution in [0.2, 0.25) is 0 Å². The molecule has 1 heterocycles. The molecule has 118 valence electrons. The van der Waals surface area contributed by atoms with Crippen LogP contribution in [0.25, 0.3) is 0 Å². The minimum absolute atomic E-state index is 0.287. The minimum Gasteiger partial charge on any atom is -0.326 e. The highest BCUT2D eigenvalue weighted by Gasteiger charge is 2.41. The van der Waals surface area contributed by atoms with Gasteiger partial charge in [-0.3, -0.25) is 0 Å². The summed E-state index contributed by atoms with van der Waals surface area (Å²) in [5.41, 5.74) is 6.52. The Labute approximate surface area is 131 Å². The molecule has 2 aliphatic carbocycles. The van der Waals surface area contributed by atoms with Crippen LogP contribution in [-0.4, -0.2) is 26.3 Å². The summed E-state index contributed by atoms with van der Waals surface area (Å²) in [6.45, 7) is 2.80. The molecule has 0 spiro atoms. The molecule has 6 heteroatoms. The number of nitrogens with zero attached hydrogens (tertiary/aromatic N) is 1. The van der Waals surface area contributed by atoms with Crippen LogP contribution in [0.3, 0.4) is 0 Å². The van der Waals surface area contributed by atoms with E-state index in [1.165, 1.54) is 37.0 Å². The molecule has 0 amide bonds. The summed E-state index contributed by atoms with van der Waals surface area (Å²) in [6, 6.07) is 0. The average Bonchev–Trinajstić information content (AvgIpc) is 3.13. The predicted molar refractivity (Wildman–Crippen MR) is 85.7 cm³/mol. The molecule has 4 nitrogen and oxygen atoms in total. The van der Waals surface area contributed by atoms with Crippen molar-refractivity contribution in [3.8, 4) is 0 Å². The fourth-order valence-corrected chi connectivity index (χ4v) is 7.03. The number of hydrogen-bond acceptors (Lipinski definition) is 4. The van der Waals surface area contributed by atoms with Crippen LogP contribution in [-0.2, 0) is 16.6 Å². The molecular formula is C15H24N2O2S2. The van der Waals surface area contributed by atoms with Gasteiger partial charge in [0.15, 0.2) is 0 Å². The summed E-state index contributed by atoms with van der Waals surface area (Å²) in [5, 5.41) is 1.89. The average molecular weight is 329 g/mol. The van der Waals surface area contributed by atoms with Crippen LogP contribution in [0, 0.1) is 24.7 Å². The number of nitrogens with two attached hydrogens (primary N) is 1. The zero-order chi connectivity index (χ0) is 15.2. The van der Waals surface area contributed by atoms with Crippen molar-refractivity contribution >= 4 is 21.4 Å². The molecule has 3 atom stereocenters. The second-order valence-electron chi connectivity index (χ2n) is 6.60. The molecule has 21 heavy (non-hydrogen) atoms. The van der Waals surface area contributed by atoms with Gasteiger partial charge in [0.2, 0.25) is 10.0 Å². The largest absolute Gasteiger partial charge is 0.326 e. The third kappa shape index (κ3) is 2.67. The van der Waals surface area contributed by atoms with E-state index in [0.717, 1.165) is 22.3 Å². The van der Waals surface area contributed by atoms with Crippen molar-refractivity contribution in [2.75, 3.05) is 13.6 Å². The third-order valence-electron chi connectivity index (χ3n) is 5.22. The lowest BCUT2D eigenvalue weighted by molar-refractivity contribution is 0.280. The normalized spacial score (nSPS) is 28.7. The summed E-state index contributed by atoms with van der Waals surface area (Å²) in [6.07, 6.45) is 5.15. The van der Waals surface area contributed by atoms with Crippen molar-refractivity contribution < 1.29 is 8.42 Å². The van der Waals surface area contributed by atoms with Gasteiger partial charge in [-0.2, -0.15) is 0 Å². The van der Waals surface area contributed by atoms with Crippen molar-refractivity contribution in [2.24, 2.45) is 23.5 Å². The van der Waals surface area contributed by atoms with Crippen LogP contribution in [0.5, 0.6) is 0 Å². The molecular weight excluding hydrogens is 304 g/mol. The highest BCUT2D eigenvalue weighted by atomic mass is 32.2. The van der Waals surface area contributed by atoms with Gasteiger partial charge in [-0.15, -0.1) is 11.3 Å². The lowest BCUT2D eigenvalue weighted by Gasteiger charge is -2.27. The number of thiophene rings is 1. The predicted octanol–water partition coefficient (Wildman–Crippen LogP) is 2.57. The van der Waals surface area contributed by atoms with Gasteiger partial charge in [-0.05, 0) is 54.9 Å². The van der Waals surface area contributed by atoms with Crippen molar-refractivity contribution in [1.82, 2.24) is 4.31 Å². The molecule has 2 saturated carbocycles. The van der Waals surface area contributed by atoms with Gasteiger partial charge in [-0.1, -0.05) is 6.42 Å². The monoisotopic (exact) mass is 328 g/mol. The highest BCUT2D eigenvalue weighted by molar-refractivity contribution is 7.89. The van der Waals surface area contributed by atoms with E-state index in [2.05, 4.69) is 0 Å². The summed E-state index contributed by atoms with van der Waals surface area (Å²) in [7, 11) is -1.69. The van der Waals surface area contributed by atoms with Gasteiger partial charge in [0.25, 0.3) is 0 Å². The van der Waals surface area contributed by atoms with Crippen molar-refractivity contribution in [3.63, 3.8) is 0 Å². The van der Waals surface area contributed by atoms with Gasteiger partial charge < -0.3 is 5.73 Å². The first kappa shape index (κ1) is 15.5. The van der Waals surface area contributed by atoms with Crippen LogP contribution in [0.15, 0.2) is 10.3 Å². The second-order valence-corrected chi connectivity index (χ2v) is 9.54. The molecule has 0 saturated heterocycles. The Morgan fingerprint density at radius 2 is 2.14 bits per heavy atom. The van der Waals surface area contributed by atoms with E-state index < -0.39 is 10.0 Å². The molecule has 3 unspecified atom stereocenters. The maximum Gasteiger partial charge on any atom is 0.244 e. The standard InChI is InChI=1S/C15H24N2O2S2/c1-10-9-20-14(7-16)15(10)21(18,19)17(2)8-13-6-11-3-4-12(13)5-11/h9,11-13H,3-8,16H2,1-2H3. The first-order valence-corrected chi connectivity index (χ1v) is 9.98. The molecule has 3 rings (SSSR count). The van der Waals surface area contributed by atoms with Gasteiger partial charge in [0, 0.05) is 25.0 Å². The molecule has 0 radical (unpaired) electrons. The third-order valence-corrected chi connectivity index (χ3v) is 8.53. The molecule has 1 aromatic heterocycles. The van der Waals surface area contributed by atoms with Crippen LogP contribution >= 0.6 is 11.3 Å². The number of fused-ring (bicyclic) bond motifs is 2. The lowest BCUT2D eigenvalue weighted by Crippen LogP contribution is -2.34. The fraction of sp³-hybridized carbons (Fsp3) is 0.733. The van der Waals surface area contributed by atoms with Crippen molar-refractivity contribution in [1.29, 1.82) is 0 Å². The Balaban J connectivity index is 1.79. The van der Waals surface area contributed by atoms with E-state index in [-0.39, 0.29) is 6.54 Å². The molecule has 2 aliphatic rings. The Kier molecular flexibility index (Phi) is 4.16. The van der Waals surface area contributed by atoms with E-state index in [1.807, 2.05) is 12.3 Å². The maximum absolute atomic E-state index is 12.9. The highest BCUT2D eigenvalue weighted by Crippen LogP contribution is 2.48. The van der Waals surface area contributed by atoms with Crippen LogP contribution in [0.4, 0.5) is 0 Å². The summed E-state index contributed by atoms with van der Waals surface area (Å²) < 4.78 is 27.3. The quantitative estimate of drug-likeness (QED) is 0.903. The van der Waals surface area contributed by atoms with Crippen LogP contribution in [0.1, 0.15) is 36.1 Å². The number of sulfonamides is 1. The first-order chi connectivity index (χ1) is 9.93. The van der Waals surface area contributed by atoms with Crippen molar-refractivity contribution in [2.45, 2.75) is 44.0 Å². The van der Waals surface area contributed by atoms with Gasteiger partial charge in [-0.25, -0.2) is 12.7 Å². The van der Waals surface area contributed by atoms with E-state index >= 15 is 0 Å². The van der Waals surface area contributed by atoms with E-state index in [1.54, 1.807) is 11.4 Å². The zero-order valence-corrected chi connectivity index (χ0v) is 14.3. The Hall–Kier alpha value is -0.430. The van der Waals surface area contributed by atoms with E-state index in [4.69, 9.17) is 5.73 Å². The SMILES string of the molecule is Cc1csc(CN)c1S(=O)(=O)N(C)CC1CC2CCC1C2. The lowest BCUT2D eigenvalue weighted by atomic mass is 9.89. The maximum atomic E-state index is 12.9. The summed E-state index contributed by atoms with van der Waals surface area (Å²) in [4.78, 5) is 1.22. The molecule has 2 fully saturated rings. The molecule has 1 aromatic rings. The summed E-state index contributed by atoms with van der Waals surface area (Å²) in [5.74, 6) is 2.13. The van der Waals surface area contributed by atoms with E-state index in [9.17, 15) is 8.42 Å². The van der Waals surface area contributed by atoms with Gasteiger partial charge in [0.1, 0.15) is 4.90 Å². The molecule has 2 N–H and O–H groups in total. The van der Waals surface area contributed by atoms with Crippen LogP contribution < -0.4 is 5.73 Å². The summed E-state index contributed by atoms with van der Waals surface area (Å²) >= 11 is 1.44. The van der Waals surface area contributed by atoms with Gasteiger partial charge >= 0.3 is 0 Å². The molecule has 2 bridgehead atoms. The number of hydrogen-bond donors (Lipinski definition) is 1.